The van der Waals surface area contributed by atoms with Gasteiger partial charge < -0.3 is 20.1 Å². The van der Waals surface area contributed by atoms with E-state index < -0.39 is 34.7 Å². The van der Waals surface area contributed by atoms with Crippen molar-refractivity contribution in [3.63, 3.8) is 0 Å². The summed E-state index contributed by atoms with van der Waals surface area (Å²) in [5.41, 5.74) is -8.16. The Kier molecular flexibility index (Phi) is 6.07. The Balaban J connectivity index is 2.74. The van der Waals surface area contributed by atoms with E-state index in [1.165, 1.54) is 61.5 Å². The quantitative estimate of drug-likeness (QED) is 0.345. The Morgan fingerprint density at radius 3 is 1.54 bits per heavy atom. The highest BCUT2D eigenvalue weighted by atomic mass is 16.6. The fraction of sp³-hybridized carbons (Fsp3) is 0.200. The van der Waals surface area contributed by atoms with Crippen molar-refractivity contribution in [1.29, 1.82) is 0 Å². The van der Waals surface area contributed by atoms with Crippen LogP contribution in [0.3, 0.4) is 0 Å². The van der Waals surface area contributed by atoms with Gasteiger partial charge in [-0.3, -0.25) is 9.59 Å². The van der Waals surface area contributed by atoms with Gasteiger partial charge >= 0.3 is 11.9 Å². The van der Waals surface area contributed by atoms with Crippen molar-refractivity contribution in [2.24, 2.45) is 0 Å². The second kappa shape index (κ2) is 8.12. The van der Waals surface area contributed by atoms with Crippen LogP contribution in [0.5, 0.6) is 0 Å². The lowest BCUT2D eigenvalue weighted by Crippen LogP contribution is -2.71. The first-order chi connectivity index (χ1) is 13.2. The molecule has 0 aromatic heterocycles. The Labute approximate surface area is 160 Å². The Morgan fingerprint density at radius 2 is 1.18 bits per heavy atom. The lowest BCUT2D eigenvalue weighted by molar-refractivity contribution is -0.190. The average molecular weight is 386 g/mol. The van der Waals surface area contributed by atoms with Crippen LogP contribution in [0.25, 0.3) is 0 Å². The molecule has 2 aromatic carbocycles. The molecular weight excluding hydrogens is 368 g/mol. The van der Waals surface area contributed by atoms with Crippen LogP contribution in [-0.4, -0.2) is 56.6 Å². The van der Waals surface area contributed by atoms with Gasteiger partial charge in [0, 0.05) is 11.1 Å². The second-order valence-electron chi connectivity index (χ2n) is 5.84. The monoisotopic (exact) mass is 386 g/mol. The standard InChI is InChI=1S/C20H18O8/c1-2-28-18(25)20(27,16(22)14-11-7-4-8-12-14)19(26,17(23)24)15(21)13-9-5-3-6-10-13/h3-12,26-27H,2H2,1H3,(H,23,24). The lowest BCUT2D eigenvalue weighted by atomic mass is 9.73. The number of ether oxygens (including phenoxy) is 1. The van der Waals surface area contributed by atoms with Crippen LogP contribution < -0.4 is 0 Å². The van der Waals surface area contributed by atoms with Crippen molar-refractivity contribution in [2.75, 3.05) is 6.61 Å². The van der Waals surface area contributed by atoms with E-state index in [1.807, 2.05) is 0 Å². The van der Waals surface area contributed by atoms with Gasteiger partial charge in [0.15, 0.2) is 0 Å². The van der Waals surface area contributed by atoms with Crippen LogP contribution in [0.2, 0.25) is 0 Å². The summed E-state index contributed by atoms with van der Waals surface area (Å²) < 4.78 is 4.65. The molecule has 0 aliphatic heterocycles. The minimum Gasteiger partial charge on any atom is -0.479 e. The maximum atomic E-state index is 12.9. The number of carboxylic acids is 1. The fourth-order valence-corrected chi connectivity index (χ4v) is 2.65. The summed E-state index contributed by atoms with van der Waals surface area (Å²) in [7, 11) is 0. The van der Waals surface area contributed by atoms with Gasteiger partial charge in [-0.15, -0.1) is 0 Å². The number of carbonyl (C=O) groups is 4. The number of hydrogen-bond donors (Lipinski definition) is 3. The normalized spacial score (nSPS) is 15.0. The highest BCUT2D eigenvalue weighted by Crippen LogP contribution is 2.32. The van der Waals surface area contributed by atoms with Crippen molar-refractivity contribution in [1.82, 2.24) is 0 Å². The number of hydrogen-bond acceptors (Lipinski definition) is 7. The maximum Gasteiger partial charge on any atom is 0.350 e. The van der Waals surface area contributed by atoms with Gasteiger partial charge in [0.05, 0.1) is 6.61 Å². The predicted octanol–water partition coefficient (Wildman–Crippen LogP) is 0.862. The van der Waals surface area contributed by atoms with Crippen LogP contribution in [-0.2, 0) is 14.3 Å². The molecule has 0 aliphatic carbocycles. The molecule has 28 heavy (non-hydrogen) atoms. The van der Waals surface area contributed by atoms with E-state index in [4.69, 9.17) is 0 Å². The molecule has 0 saturated heterocycles. The molecule has 8 nitrogen and oxygen atoms in total. The molecule has 0 saturated carbocycles. The number of rotatable bonds is 8. The Hall–Kier alpha value is -3.36. The molecule has 2 unspecified atom stereocenters. The van der Waals surface area contributed by atoms with Gasteiger partial charge in [-0.2, -0.15) is 0 Å². The predicted molar refractivity (Wildman–Crippen MR) is 95.7 cm³/mol. The zero-order valence-corrected chi connectivity index (χ0v) is 14.9. The van der Waals surface area contributed by atoms with Gasteiger partial charge in [-0.25, -0.2) is 9.59 Å². The molecule has 2 aromatic rings. The number of Topliss-reactive ketones (excluding diaryl/α,β-unsaturated/α-hetero) is 2. The smallest absolute Gasteiger partial charge is 0.350 e. The van der Waals surface area contributed by atoms with Gasteiger partial charge in [0.1, 0.15) is 0 Å². The van der Waals surface area contributed by atoms with Crippen molar-refractivity contribution in [2.45, 2.75) is 18.1 Å². The maximum absolute atomic E-state index is 12.9. The third-order valence-electron chi connectivity index (χ3n) is 4.13. The summed E-state index contributed by atoms with van der Waals surface area (Å²) >= 11 is 0. The van der Waals surface area contributed by atoms with Gasteiger partial charge in [0.25, 0.3) is 11.2 Å². The second-order valence-corrected chi connectivity index (χ2v) is 5.84. The van der Waals surface area contributed by atoms with E-state index in [1.54, 1.807) is 6.07 Å². The Bertz CT molecular complexity index is 893. The number of esters is 1. The summed E-state index contributed by atoms with van der Waals surface area (Å²) in [6, 6.07) is 13.4. The summed E-state index contributed by atoms with van der Waals surface area (Å²) in [5.74, 6) is -7.06. The topological polar surface area (TPSA) is 138 Å². The van der Waals surface area contributed by atoms with E-state index in [0.29, 0.717) is 0 Å². The van der Waals surface area contributed by atoms with Crippen LogP contribution >= 0.6 is 0 Å². The third-order valence-corrected chi connectivity index (χ3v) is 4.13. The molecule has 8 heteroatoms. The molecule has 3 N–H and O–H groups in total. The van der Waals surface area contributed by atoms with E-state index in [0.717, 1.165) is 0 Å². The minimum atomic E-state index is -3.83. The summed E-state index contributed by atoms with van der Waals surface area (Å²) in [6.07, 6.45) is 0. The summed E-state index contributed by atoms with van der Waals surface area (Å²) in [6.45, 7) is 1.02. The molecule has 2 atom stereocenters. The molecule has 0 spiro atoms. The first-order valence-electron chi connectivity index (χ1n) is 8.26. The van der Waals surface area contributed by atoms with E-state index >= 15 is 0 Å². The SMILES string of the molecule is CCOC(=O)C(O)(C(=O)c1ccccc1)C(O)(C(=O)O)C(=O)c1ccccc1. The first-order valence-corrected chi connectivity index (χ1v) is 8.26. The van der Waals surface area contributed by atoms with Gasteiger partial charge in [0.2, 0.25) is 11.6 Å². The van der Waals surface area contributed by atoms with Gasteiger partial charge in [-0.05, 0) is 6.92 Å². The first kappa shape index (κ1) is 20.9. The van der Waals surface area contributed by atoms with Crippen LogP contribution in [0.4, 0.5) is 0 Å². The molecule has 0 heterocycles. The summed E-state index contributed by atoms with van der Waals surface area (Å²) in [5, 5.41) is 31.4. The van der Waals surface area contributed by atoms with Crippen molar-refractivity contribution in [3.05, 3.63) is 71.8 Å². The van der Waals surface area contributed by atoms with Crippen LogP contribution in [0.1, 0.15) is 27.6 Å². The highest BCUT2D eigenvalue weighted by molar-refractivity contribution is 6.28. The van der Waals surface area contributed by atoms with Crippen LogP contribution in [0.15, 0.2) is 60.7 Å². The molecule has 0 fully saturated rings. The van der Waals surface area contributed by atoms with Gasteiger partial charge in [-0.1, -0.05) is 60.7 Å². The average Bonchev–Trinajstić information content (AvgIpc) is 2.72. The minimum absolute atomic E-state index is 0.293. The number of aliphatic carboxylic acids is 1. The number of carbonyl (C=O) groups excluding carboxylic acids is 3. The largest absolute Gasteiger partial charge is 0.479 e. The van der Waals surface area contributed by atoms with Crippen LogP contribution in [0, 0.1) is 0 Å². The fourth-order valence-electron chi connectivity index (χ4n) is 2.65. The van der Waals surface area contributed by atoms with Crippen molar-refractivity contribution >= 4 is 23.5 Å². The number of carboxylic acid groups (broad SMARTS) is 1. The molecule has 0 aliphatic rings. The molecule has 0 amide bonds. The van der Waals surface area contributed by atoms with Crippen molar-refractivity contribution < 1.29 is 39.2 Å². The highest BCUT2D eigenvalue weighted by Gasteiger charge is 2.70. The molecule has 0 bridgehead atoms. The molecular formula is C20H18O8. The molecule has 0 radical (unpaired) electrons. The third kappa shape index (κ3) is 3.30. The molecule has 2 rings (SSSR count). The molecule has 146 valence electrons. The number of benzene rings is 2. The zero-order chi connectivity index (χ0) is 20.9. The summed E-state index contributed by atoms with van der Waals surface area (Å²) in [4.78, 5) is 50.2. The van der Waals surface area contributed by atoms with E-state index in [9.17, 15) is 34.5 Å². The number of aliphatic hydroxyl groups is 2. The van der Waals surface area contributed by atoms with E-state index in [-0.39, 0.29) is 17.7 Å². The Morgan fingerprint density at radius 1 is 0.786 bits per heavy atom. The lowest BCUT2D eigenvalue weighted by Gasteiger charge is -2.35. The number of ketones is 2. The van der Waals surface area contributed by atoms with Crippen molar-refractivity contribution in [3.8, 4) is 0 Å². The van der Waals surface area contributed by atoms with E-state index in [2.05, 4.69) is 4.74 Å². The zero-order valence-electron chi connectivity index (χ0n) is 14.9.